The van der Waals surface area contributed by atoms with Crippen molar-refractivity contribution < 1.29 is 9.53 Å². The van der Waals surface area contributed by atoms with Gasteiger partial charge in [-0.15, -0.1) is 0 Å². The third kappa shape index (κ3) is 6.41. The van der Waals surface area contributed by atoms with E-state index in [-0.39, 0.29) is 12.4 Å². The van der Waals surface area contributed by atoms with Crippen molar-refractivity contribution in [2.24, 2.45) is 16.5 Å². The van der Waals surface area contributed by atoms with Crippen LogP contribution in [0.3, 0.4) is 0 Å². The monoisotopic (exact) mass is 205 g/mol. The number of nitrogens with two attached hydrogens (primary N) is 2. The fraction of sp³-hybridized carbons (Fsp3) is 0.714. The average molecular weight is 205 g/mol. The van der Waals surface area contributed by atoms with Crippen LogP contribution in [0, 0.1) is 0 Å². The highest BCUT2D eigenvalue weighted by Crippen LogP contribution is 1.88. The van der Waals surface area contributed by atoms with E-state index in [4.69, 9.17) is 16.2 Å². The maximum absolute atomic E-state index is 10.9. The maximum Gasteiger partial charge on any atom is 0.323 e. The minimum atomic E-state index is -0.661. The van der Waals surface area contributed by atoms with Crippen molar-refractivity contribution >= 4 is 24.4 Å². The molecule has 0 aliphatic heterocycles. The first-order valence-electron chi connectivity index (χ1n) is 3.87. The first-order chi connectivity index (χ1) is 6.07. The third-order valence-electron chi connectivity index (χ3n) is 1.20. The molecule has 6 heteroatoms. The number of rotatable bonds is 5. The van der Waals surface area contributed by atoms with Crippen molar-refractivity contribution in [1.82, 2.24) is 0 Å². The summed E-state index contributed by atoms with van der Waals surface area (Å²) in [7, 11) is 0. The Morgan fingerprint density at radius 1 is 1.69 bits per heavy atom. The number of carbonyl (C=O) groups is 1. The summed E-state index contributed by atoms with van der Waals surface area (Å²) in [6.45, 7) is 2.24. The predicted octanol–water partition coefficient (Wildman–Crippen LogP) is -0.836. The van der Waals surface area contributed by atoms with Crippen LogP contribution in [0.15, 0.2) is 4.99 Å². The number of ether oxygens (including phenoxy) is 1. The fourth-order valence-corrected chi connectivity index (χ4v) is 0.699. The molecule has 0 saturated carbocycles. The second-order valence-corrected chi connectivity index (χ2v) is 2.84. The lowest BCUT2D eigenvalue weighted by molar-refractivity contribution is -0.144. The number of carbonyl (C=O) groups excluding carboxylic acids is 1. The molecule has 0 aromatic heterocycles. The Hall–Kier alpha value is -0.750. The highest BCUT2D eigenvalue weighted by molar-refractivity contribution is 7.80. The van der Waals surface area contributed by atoms with E-state index >= 15 is 0 Å². The van der Waals surface area contributed by atoms with Gasteiger partial charge in [0.15, 0.2) is 0 Å². The molecule has 0 aromatic rings. The molecule has 0 rings (SSSR count). The molecular formula is C7H15N3O2S. The highest BCUT2D eigenvalue weighted by Gasteiger charge is 2.11. The molecule has 0 aliphatic rings. The molecule has 1 atom stereocenters. The van der Waals surface area contributed by atoms with E-state index in [9.17, 15) is 4.79 Å². The van der Waals surface area contributed by atoms with Gasteiger partial charge in [0.05, 0.1) is 12.4 Å². The molecule has 0 aliphatic carbocycles. The van der Waals surface area contributed by atoms with Gasteiger partial charge in [-0.3, -0.25) is 9.79 Å². The molecule has 13 heavy (non-hydrogen) atoms. The lowest BCUT2D eigenvalue weighted by Crippen LogP contribution is -2.34. The fourth-order valence-electron chi connectivity index (χ4n) is 0.550. The zero-order valence-corrected chi connectivity index (χ0v) is 8.46. The molecular weight excluding hydrogens is 190 g/mol. The lowest BCUT2D eigenvalue weighted by Gasteiger charge is -2.07. The van der Waals surface area contributed by atoms with Crippen LogP contribution < -0.4 is 11.5 Å². The van der Waals surface area contributed by atoms with Crippen LogP contribution in [0.25, 0.3) is 0 Å². The van der Waals surface area contributed by atoms with Gasteiger partial charge in [0.25, 0.3) is 0 Å². The molecule has 0 fully saturated rings. The van der Waals surface area contributed by atoms with Gasteiger partial charge < -0.3 is 16.2 Å². The molecule has 0 saturated heterocycles. The Morgan fingerprint density at radius 2 is 2.31 bits per heavy atom. The van der Waals surface area contributed by atoms with Crippen LogP contribution in [0.5, 0.6) is 0 Å². The molecule has 4 N–H and O–H groups in total. The van der Waals surface area contributed by atoms with Gasteiger partial charge in [0.2, 0.25) is 0 Å². The first-order valence-corrected chi connectivity index (χ1v) is 4.50. The standard InChI is InChI=1S/C7H15N3O2S/c1-5(8)10-2-3-12-7(11)6(9)4-13/h6,13H,2-4,9H2,1H3,(H2,8,10)/t6-/m0/s1. The Kier molecular flexibility index (Phi) is 6.34. The summed E-state index contributed by atoms with van der Waals surface area (Å²) < 4.78 is 4.77. The largest absolute Gasteiger partial charge is 0.463 e. The van der Waals surface area contributed by atoms with Gasteiger partial charge in [0, 0.05) is 5.75 Å². The highest BCUT2D eigenvalue weighted by atomic mass is 32.1. The van der Waals surface area contributed by atoms with Crippen LogP contribution in [-0.2, 0) is 9.53 Å². The van der Waals surface area contributed by atoms with E-state index in [1.165, 1.54) is 0 Å². The van der Waals surface area contributed by atoms with E-state index in [1.807, 2.05) is 0 Å². The second kappa shape index (κ2) is 6.73. The molecule has 0 bridgehead atoms. The average Bonchev–Trinajstić information content (AvgIpc) is 2.10. The van der Waals surface area contributed by atoms with Gasteiger partial charge in [-0.1, -0.05) is 0 Å². The zero-order valence-electron chi connectivity index (χ0n) is 7.56. The van der Waals surface area contributed by atoms with Crippen LogP contribution in [0.4, 0.5) is 0 Å². The van der Waals surface area contributed by atoms with Crippen LogP contribution in [0.1, 0.15) is 6.92 Å². The number of esters is 1. The topological polar surface area (TPSA) is 90.7 Å². The molecule has 0 aromatic carbocycles. The Balaban J connectivity index is 3.54. The van der Waals surface area contributed by atoms with E-state index < -0.39 is 12.0 Å². The summed E-state index contributed by atoms with van der Waals surface area (Å²) in [6, 6.07) is -0.661. The van der Waals surface area contributed by atoms with Crippen molar-refractivity contribution in [3.8, 4) is 0 Å². The maximum atomic E-state index is 10.9. The van der Waals surface area contributed by atoms with Crippen molar-refractivity contribution in [3.63, 3.8) is 0 Å². The molecule has 0 amide bonds. The van der Waals surface area contributed by atoms with Crippen LogP contribution in [0.2, 0.25) is 0 Å². The van der Waals surface area contributed by atoms with Gasteiger partial charge >= 0.3 is 5.97 Å². The first kappa shape index (κ1) is 12.2. The molecule has 0 unspecified atom stereocenters. The molecule has 76 valence electrons. The van der Waals surface area contributed by atoms with E-state index in [0.29, 0.717) is 12.4 Å². The third-order valence-corrected chi connectivity index (χ3v) is 1.59. The van der Waals surface area contributed by atoms with Crippen molar-refractivity contribution in [2.75, 3.05) is 18.9 Å². The van der Waals surface area contributed by atoms with Crippen molar-refractivity contribution in [3.05, 3.63) is 0 Å². The minimum absolute atomic E-state index is 0.203. The molecule has 5 nitrogen and oxygen atoms in total. The molecule has 0 heterocycles. The van der Waals surface area contributed by atoms with Gasteiger partial charge in [0.1, 0.15) is 12.6 Å². The van der Waals surface area contributed by atoms with Gasteiger partial charge in [-0.05, 0) is 6.92 Å². The number of hydrogen-bond donors (Lipinski definition) is 3. The molecule has 0 radical (unpaired) electrons. The van der Waals surface area contributed by atoms with Crippen LogP contribution in [-0.4, -0.2) is 36.8 Å². The predicted molar refractivity (Wildman–Crippen MR) is 55.0 cm³/mol. The van der Waals surface area contributed by atoms with Crippen LogP contribution >= 0.6 is 12.6 Å². The summed E-state index contributed by atoms with van der Waals surface area (Å²) in [5, 5.41) is 0. The summed E-state index contributed by atoms with van der Waals surface area (Å²) in [5.74, 6) is 0.285. The number of amidine groups is 1. The van der Waals surface area contributed by atoms with Gasteiger partial charge in [-0.25, -0.2) is 0 Å². The summed E-state index contributed by atoms with van der Waals surface area (Å²) >= 11 is 3.86. The normalized spacial score (nSPS) is 13.9. The number of thiol groups is 1. The summed E-state index contributed by atoms with van der Waals surface area (Å²) in [4.78, 5) is 14.8. The van der Waals surface area contributed by atoms with E-state index in [2.05, 4.69) is 17.6 Å². The van der Waals surface area contributed by atoms with Gasteiger partial charge in [-0.2, -0.15) is 12.6 Å². The zero-order chi connectivity index (χ0) is 10.3. The summed E-state index contributed by atoms with van der Waals surface area (Å²) in [5.41, 5.74) is 10.6. The van der Waals surface area contributed by atoms with Crippen molar-refractivity contribution in [1.29, 1.82) is 0 Å². The van der Waals surface area contributed by atoms with E-state index in [0.717, 1.165) is 0 Å². The number of aliphatic imine (C=N–C) groups is 1. The minimum Gasteiger partial charge on any atom is -0.463 e. The Labute approximate surface area is 82.9 Å². The Bertz CT molecular complexity index is 192. The lowest BCUT2D eigenvalue weighted by atomic mass is 10.4. The van der Waals surface area contributed by atoms with E-state index in [1.54, 1.807) is 6.92 Å². The Morgan fingerprint density at radius 3 is 2.77 bits per heavy atom. The molecule has 0 spiro atoms. The summed E-state index contributed by atoms with van der Waals surface area (Å²) in [6.07, 6.45) is 0. The van der Waals surface area contributed by atoms with Crippen molar-refractivity contribution in [2.45, 2.75) is 13.0 Å². The second-order valence-electron chi connectivity index (χ2n) is 2.48. The number of nitrogens with zero attached hydrogens (tertiary/aromatic N) is 1. The SMILES string of the molecule is CC(N)=NCCOC(=O)[C@@H](N)CS. The smallest absolute Gasteiger partial charge is 0.323 e. The quantitative estimate of drug-likeness (QED) is 0.179. The number of hydrogen-bond acceptors (Lipinski definition) is 5.